The predicted octanol–water partition coefficient (Wildman–Crippen LogP) is 4.24. The molecule has 2 aromatic rings. The molecular formula is C19H21F3N4O. The Bertz CT molecular complexity index is 798. The number of alkyl halides is 3. The van der Waals surface area contributed by atoms with Gasteiger partial charge in [-0.05, 0) is 31.9 Å². The van der Waals surface area contributed by atoms with Crippen molar-refractivity contribution in [3.8, 4) is 11.3 Å². The van der Waals surface area contributed by atoms with Crippen molar-refractivity contribution in [2.45, 2.75) is 37.6 Å². The molecule has 0 fully saturated rings. The molecule has 0 saturated heterocycles. The molecule has 0 aliphatic rings. The minimum absolute atomic E-state index is 0.101. The molecule has 0 bridgehead atoms. The van der Waals surface area contributed by atoms with E-state index in [9.17, 15) is 18.3 Å². The van der Waals surface area contributed by atoms with Gasteiger partial charge in [-0.3, -0.25) is 0 Å². The van der Waals surface area contributed by atoms with E-state index in [0.29, 0.717) is 12.8 Å². The Morgan fingerprint density at radius 2 is 1.89 bits per heavy atom. The molecule has 27 heavy (non-hydrogen) atoms. The number of hydrogen-bond acceptors (Lipinski definition) is 5. The van der Waals surface area contributed by atoms with Gasteiger partial charge in [-0.2, -0.15) is 18.3 Å². The zero-order valence-electron chi connectivity index (χ0n) is 14.9. The van der Waals surface area contributed by atoms with Crippen LogP contribution in [0.15, 0.2) is 55.8 Å². The van der Waals surface area contributed by atoms with Crippen LogP contribution in [0.25, 0.3) is 11.3 Å². The minimum Gasteiger partial charge on any atom is -0.387 e. The van der Waals surface area contributed by atoms with E-state index in [1.807, 2.05) is 0 Å². The summed E-state index contributed by atoms with van der Waals surface area (Å²) in [5.41, 5.74) is -1.42. The van der Waals surface area contributed by atoms with E-state index in [4.69, 9.17) is 0 Å². The van der Waals surface area contributed by atoms with Crippen LogP contribution in [0, 0.1) is 0 Å². The van der Waals surface area contributed by atoms with Gasteiger partial charge < -0.3 is 10.4 Å². The zero-order valence-corrected chi connectivity index (χ0v) is 14.9. The van der Waals surface area contributed by atoms with Gasteiger partial charge in [0.15, 0.2) is 0 Å². The molecule has 0 saturated carbocycles. The van der Waals surface area contributed by atoms with Gasteiger partial charge in [0.2, 0.25) is 5.95 Å². The van der Waals surface area contributed by atoms with Gasteiger partial charge in [0.25, 0.3) is 0 Å². The van der Waals surface area contributed by atoms with Crippen molar-refractivity contribution in [2.75, 3.05) is 5.32 Å². The van der Waals surface area contributed by atoms with Crippen LogP contribution in [0.4, 0.5) is 19.1 Å². The van der Waals surface area contributed by atoms with E-state index >= 15 is 0 Å². The molecule has 8 heteroatoms. The van der Waals surface area contributed by atoms with Crippen molar-refractivity contribution in [3.05, 3.63) is 61.3 Å². The molecule has 2 rings (SSSR count). The van der Waals surface area contributed by atoms with Crippen LogP contribution in [0.2, 0.25) is 0 Å². The Balaban J connectivity index is 2.28. The summed E-state index contributed by atoms with van der Waals surface area (Å²) >= 11 is 0. The monoisotopic (exact) mass is 378 g/mol. The van der Waals surface area contributed by atoms with E-state index in [1.165, 1.54) is 18.3 Å². The standard InChI is InChI=1S/C19H21F3N4O/c1-4-9-18(27,10-5-2)13(3)24-17-25-16(12-23-26-17)14-7-6-8-15(11-14)19(20,21)22/h4-8,11-13,27H,1-2,9-10H2,3H3,(H,24,25,26). The van der Waals surface area contributed by atoms with Crippen molar-refractivity contribution >= 4 is 5.95 Å². The molecule has 0 aliphatic carbocycles. The van der Waals surface area contributed by atoms with Gasteiger partial charge in [-0.15, -0.1) is 18.3 Å². The SMILES string of the molecule is C=CCC(O)(CC=C)C(C)Nc1nncc(-c2cccc(C(F)(F)F)c2)n1. The largest absolute Gasteiger partial charge is 0.416 e. The number of aromatic nitrogens is 3. The van der Waals surface area contributed by atoms with Crippen molar-refractivity contribution < 1.29 is 18.3 Å². The molecule has 5 nitrogen and oxygen atoms in total. The number of rotatable bonds is 8. The average molecular weight is 378 g/mol. The number of halogens is 3. The third kappa shape index (κ3) is 5.13. The lowest BCUT2D eigenvalue weighted by atomic mass is 9.88. The fraction of sp³-hybridized carbons (Fsp3) is 0.316. The summed E-state index contributed by atoms with van der Waals surface area (Å²) in [6, 6.07) is 4.33. The fourth-order valence-electron chi connectivity index (χ4n) is 2.62. The van der Waals surface area contributed by atoms with Crippen molar-refractivity contribution in [1.82, 2.24) is 15.2 Å². The van der Waals surface area contributed by atoms with Gasteiger partial charge in [0.05, 0.1) is 29.1 Å². The quantitative estimate of drug-likeness (QED) is 0.673. The first-order valence-electron chi connectivity index (χ1n) is 8.27. The van der Waals surface area contributed by atoms with Crippen LogP contribution in [-0.4, -0.2) is 31.9 Å². The fourth-order valence-corrected chi connectivity index (χ4v) is 2.62. The Labute approximate surface area is 155 Å². The molecule has 1 heterocycles. The highest BCUT2D eigenvalue weighted by atomic mass is 19.4. The number of aliphatic hydroxyl groups is 1. The van der Waals surface area contributed by atoms with Crippen LogP contribution in [0.1, 0.15) is 25.3 Å². The lowest BCUT2D eigenvalue weighted by Crippen LogP contribution is -2.44. The molecular weight excluding hydrogens is 357 g/mol. The normalized spacial score (nSPS) is 13.1. The first-order valence-corrected chi connectivity index (χ1v) is 8.27. The van der Waals surface area contributed by atoms with Crippen LogP contribution < -0.4 is 5.32 Å². The average Bonchev–Trinajstić information content (AvgIpc) is 2.62. The third-order valence-corrected chi connectivity index (χ3v) is 4.19. The molecule has 1 unspecified atom stereocenters. The third-order valence-electron chi connectivity index (χ3n) is 4.19. The minimum atomic E-state index is -4.45. The Hall–Kier alpha value is -2.74. The van der Waals surface area contributed by atoms with Gasteiger partial charge in [-0.25, -0.2) is 4.98 Å². The highest BCUT2D eigenvalue weighted by Crippen LogP contribution is 2.31. The molecule has 1 aromatic heterocycles. The molecule has 0 radical (unpaired) electrons. The topological polar surface area (TPSA) is 70.9 Å². The maximum absolute atomic E-state index is 12.9. The van der Waals surface area contributed by atoms with E-state index in [0.717, 1.165) is 12.1 Å². The maximum atomic E-state index is 12.9. The second kappa shape index (κ2) is 8.30. The Kier molecular flexibility index (Phi) is 6.32. The van der Waals surface area contributed by atoms with E-state index in [2.05, 4.69) is 33.7 Å². The highest BCUT2D eigenvalue weighted by molar-refractivity contribution is 5.60. The van der Waals surface area contributed by atoms with Gasteiger partial charge in [0, 0.05) is 5.56 Å². The van der Waals surface area contributed by atoms with Crippen molar-refractivity contribution in [3.63, 3.8) is 0 Å². The van der Waals surface area contributed by atoms with E-state index < -0.39 is 23.4 Å². The summed E-state index contributed by atoms with van der Waals surface area (Å²) in [5.74, 6) is 0.101. The second-order valence-electron chi connectivity index (χ2n) is 6.20. The summed E-state index contributed by atoms with van der Waals surface area (Å²) in [6.45, 7) is 9.03. The molecule has 1 aromatic carbocycles. The van der Waals surface area contributed by atoms with Crippen molar-refractivity contribution in [1.29, 1.82) is 0 Å². The summed E-state index contributed by atoms with van der Waals surface area (Å²) in [7, 11) is 0. The number of benzene rings is 1. The Morgan fingerprint density at radius 3 is 2.48 bits per heavy atom. The van der Waals surface area contributed by atoms with Crippen LogP contribution in [-0.2, 0) is 6.18 Å². The molecule has 144 valence electrons. The van der Waals surface area contributed by atoms with Gasteiger partial charge >= 0.3 is 6.18 Å². The molecule has 2 N–H and O–H groups in total. The summed E-state index contributed by atoms with van der Waals surface area (Å²) in [4.78, 5) is 4.23. The number of anilines is 1. The number of nitrogens with zero attached hydrogens (tertiary/aromatic N) is 3. The molecule has 0 aliphatic heterocycles. The lowest BCUT2D eigenvalue weighted by Gasteiger charge is -2.33. The molecule has 0 amide bonds. The lowest BCUT2D eigenvalue weighted by molar-refractivity contribution is -0.137. The Morgan fingerprint density at radius 1 is 1.22 bits per heavy atom. The predicted molar refractivity (Wildman–Crippen MR) is 97.9 cm³/mol. The molecule has 0 spiro atoms. The first-order chi connectivity index (χ1) is 12.7. The maximum Gasteiger partial charge on any atom is 0.416 e. The second-order valence-corrected chi connectivity index (χ2v) is 6.20. The summed E-state index contributed by atoms with van der Waals surface area (Å²) in [5, 5.41) is 21.4. The first kappa shape index (κ1) is 20.6. The van der Waals surface area contributed by atoms with Crippen molar-refractivity contribution in [2.24, 2.45) is 0 Å². The van der Waals surface area contributed by atoms with Gasteiger partial charge in [0.1, 0.15) is 0 Å². The zero-order chi connectivity index (χ0) is 20.1. The van der Waals surface area contributed by atoms with Gasteiger partial charge in [-0.1, -0.05) is 24.3 Å². The van der Waals surface area contributed by atoms with Crippen LogP contribution in [0.3, 0.4) is 0 Å². The summed E-state index contributed by atoms with van der Waals surface area (Å²) < 4.78 is 38.7. The van der Waals surface area contributed by atoms with E-state index in [-0.39, 0.29) is 17.2 Å². The highest BCUT2D eigenvalue weighted by Gasteiger charge is 2.32. The molecule has 1 atom stereocenters. The van der Waals surface area contributed by atoms with Crippen LogP contribution in [0.5, 0.6) is 0 Å². The number of hydrogen-bond donors (Lipinski definition) is 2. The van der Waals surface area contributed by atoms with E-state index in [1.54, 1.807) is 19.1 Å². The number of nitrogens with one attached hydrogen (secondary N) is 1. The van der Waals surface area contributed by atoms with Crippen LogP contribution >= 0.6 is 0 Å². The smallest absolute Gasteiger partial charge is 0.387 e. The summed E-state index contributed by atoms with van der Waals surface area (Å²) in [6.07, 6.45) is 0.657.